The van der Waals surface area contributed by atoms with Crippen LogP contribution in [-0.2, 0) is 7.05 Å². The van der Waals surface area contributed by atoms with Gasteiger partial charge in [-0.2, -0.15) is 0 Å². The van der Waals surface area contributed by atoms with E-state index in [2.05, 4.69) is 27.0 Å². The Labute approximate surface area is 150 Å². The lowest BCUT2D eigenvalue weighted by molar-refractivity contribution is 0.178. The van der Waals surface area contributed by atoms with E-state index < -0.39 is 0 Å². The average Bonchev–Trinajstić information content (AvgIpc) is 3.35. The second-order valence-electron chi connectivity index (χ2n) is 7.49. The summed E-state index contributed by atoms with van der Waals surface area (Å²) in [4.78, 5) is 5.33. The van der Waals surface area contributed by atoms with Crippen molar-refractivity contribution in [3.63, 3.8) is 0 Å². The van der Waals surface area contributed by atoms with E-state index in [0.29, 0.717) is 0 Å². The minimum absolute atomic E-state index is 0.744. The summed E-state index contributed by atoms with van der Waals surface area (Å²) in [5.41, 5.74) is 1.13. The largest absolute Gasteiger partial charge is 0.476 e. The molecule has 2 aliphatic heterocycles. The molecular weight excluding hydrogens is 312 g/mol. The van der Waals surface area contributed by atoms with Gasteiger partial charge in [-0.25, -0.2) is 0 Å². The Morgan fingerprint density at radius 3 is 2.84 bits per heavy atom. The first-order valence-corrected chi connectivity index (χ1v) is 9.82. The summed E-state index contributed by atoms with van der Waals surface area (Å²) in [7, 11) is 1.97. The fourth-order valence-corrected chi connectivity index (χ4v) is 4.38. The van der Waals surface area contributed by atoms with Crippen LogP contribution < -0.4 is 4.74 Å². The number of aromatic nitrogens is 2. The van der Waals surface area contributed by atoms with Gasteiger partial charge in [0.1, 0.15) is 0 Å². The third-order valence-electron chi connectivity index (χ3n) is 5.72. The van der Waals surface area contributed by atoms with Crippen LogP contribution in [0.1, 0.15) is 32.1 Å². The smallest absolute Gasteiger partial charge is 0.240 e. The molecule has 0 spiro atoms. The van der Waals surface area contributed by atoms with Crippen LogP contribution in [0.2, 0.25) is 0 Å². The molecule has 0 amide bonds. The van der Waals surface area contributed by atoms with E-state index in [1.165, 1.54) is 51.9 Å². The van der Waals surface area contributed by atoms with Gasteiger partial charge in [-0.3, -0.25) is 9.58 Å². The number of rotatable bonds is 7. The SMILES string of the molecule is Cn1nc(OCCCN2CCCC2CN2CCCC2)c2ccccc21. The van der Waals surface area contributed by atoms with Crippen molar-refractivity contribution < 1.29 is 4.74 Å². The molecule has 2 saturated heterocycles. The van der Waals surface area contributed by atoms with E-state index in [-0.39, 0.29) is 0 Å². The molecule has 2 aromatic rings. The third-order valence-corrected chi connectivity index (χ3v) is 5.72. The first-order chi connectivity index (χ1) is 12.3. The lowest BCUT2D eigenvalue weighted by atomic mass is 10.2. The molecular formula is C20H30N4O. The van der Waals surface area contributed by atoms with Crippen molar-refractivity contribution in [1.82, 2.24) is 19.6 Å². The molecule has 1 atom stereocenters. The minimum atomic E-state index is 0.744. The van der Waals surface area contributed by atoms with Gasteiger partial charge in [0.2, 0.25) is 5.88 Å². The normalized spacial score (nSPS) is 22.2. The van der Waals surface area contributed by atoms with Crippen molar-refractivity contribution in [1.29, 1.82) is 0 Å². The number of ether oxygens (including phenoxy) is 1. The van der Waals surface area contributed by atoms with Crippen LogP contribution in [0.15, 0.2) is 24.3 Å². The average molecular weight is 342 g/mol. The molecule has 1 aromatic carbocycles. The first kappa shape index (κ1) is 16.9. The number of benzene rings is 1. The summed E-state index contributed by atoms with van der Waals surface area (Å²) >= 11 is 0. The van der Waals surface area contributed by atoms with E-state index in [0.717, 1.165) is 42.4 Å². The highest BCUT2D eigenvalue weighted by Crippen LogP contribution is 2.24. The second-order valence-corrected chi connectivity index (χ2v) is 7.49. The fraction of sp³-hybridized carbons (Fsp3) is 0.650. The van der Waals surface area contributed by atoms with Crippen LogP contribution in [0, 0.1) is 0 Å². The molecule has 4 rings (SSSR count). The van der Waals surface area contributed by atoms with Crippen LogP contribution in [0.4, 0.5) is 0 Å². The second kappa shape index (κ2) is 7.75. The minimum Gasteiger partial charge on any atom is -0.476 e. The molecule has 1 unspecified atom stereocenters. The highest BCUT2D eigenvalue weighted by atomic mass is 16.5. The number of fused-ring (bicyclic) bond motifs is 1. The first-order valence-electron chi connectivity index (χ1n) is 9.82. The van der Waals surface area contributed by atoms with Crippen molar-refractivity contribution in [2.75, 3.05) is 39.3 Å². The molecule has 25 heavy (non-hydrogen) atoms. The quantitative estimate of drug-likeness (QED) is 0.725. The Kier molecular flexibility index (Phi) is 5.22. The maximum atomic E-state index is 6.00. The van der Waals surface area contributed by atoms with E-state index in [4.69, 9.17) is 4.74 Å². The molecule has 5 heteroatoms. The van der Waals surface area contributed by atoms with E-state index in [1.54, 1.807) is 0 Å². The number of hydrogen-bond acceptors (Lipinski definition) is 4. The van der Waals surface area contributed by atoms with E-state index >= 15 is 0 Å². The van der Waals surface area contributed by atoms with Gasteiger partial charge in [0, 0.05) is 26.2 Å². The Morgan fingerprint density at radius 2 is 1.96 bits per heavy atom. The number of hydrogen-bond donors (Lipinski definition) is 0. The third kappa shape index (κ3) is 3.82. The zero-order valence-corrected chi connectivity index (χ0v) is 15.4. The van der Waals surface area contributed by atoms with Crippen molar-refractivity contribution in [2.45, 2.75) is 38.1 Å². The van der Waals surface area contributed by atoms with Crippen LogP contribution in [-0.4, -0.2) is 65.0 Å². The summed E-state index contributed by atoms with van der Waals surface area (Å²) in [6, 6.07) is 9.02. The van der Waals surface area contributed by atoms with Crippen LogP contribution in [0.25, 0.3) is 10.9 Å². The van der Waals surface area contributed by atoms with Crippen molar-refractivity contribution >= 4 is 10.9 Å². The summed E-state index contributed by atoms with van der Waals surface area (Å²) in [5, 5.41) is 5.63. The lowest BCUT2D eigenvalue weighted by Crippen LogP contribution is -2.40. The van der Waals surface area contributed by atoms with Gasteiger partial charge in [-0.1, -0.05) is 12.1 Å². The van der Waals surface area contributed by atoms with Crippen LogP contribution in [0.5, 0.6) is 5.88 Å². The van der Waals surface area contributed by atoms with Crippen LogP contribution in [0.3, 0.4) is 0 Å². The van der Waals surface area contributed by atoms with E-state index in [9.17, 15) is 0 Å². The predicted molar refractivity (Wildman–Crippen MR) is 101 cm³/mol. The Hall–Kier alpha value is -1.59. The Balaban J connectivity index is 1.25. The maximum Gasteiger partial charge on any atom is 0.240 e. The molecule has 0 N–H and O–H groups in total. The van der Waals surface area contributed by atoms with Gasteiger partial charge in [-0.05, 0) is 63.9 Å². The highest BCUT2D eigenvalue weighted by molar-refractivity contribution is 5.84. The van der Waals surface area contributed by atoms with Gasteiger partial charge in [0.25, 0.3) is 0 Å². The molecule has 0 saturated carbocycles. The number of para-hydroxylation sites is 1. The molecule has 136 valence electrons. The summed E-state index contributed by atoms with van der Waals surface area (Å²) in [6.45, 7) is 7.02. The molecule has 2 aliphatic rings. The topological polar surface area (TPSA) is 33.5 Å². The molecule has 2 fully saturated rings. The zero-order valence-electron chi connectivity index (χ0n) is 15.4. The molecule has 0 radical (unpaired) electrons. The molecule has 5 nitrogen and oxygen atoms in total. The predicted octanol–water partition coefficient (Wildman–Crippen LogP) is 2.90. The van der Waals surface area contributed by atoms with Crippen molar-refractivity contribution in [3.05, 3.63) is 24.3 Å². The van der Waals surface area contributed by atoms with E-state index in [1.807, 2.05) is 23.9 Å². The Morgan fingerprint density at radius 1 is 1.12 bits per heavy atom. The summed E-state index contributed by atoms with van der Waals surface area (Å²) in [6.07, 6.45) is 6.56. The molecule has 3 heterocycles. The highest BCUT2D eigenvalue weighted by Gasteiger charge is 2.26. The lowest BCUT2D eigenvalue weighted by Gasteiger charge is -2.28. The van der Waals surface area contributed by atoms with Gasteiger partial charge >= 0.3 is 0 Å². The summed E-state index contributed by atoms with van der Waals surface area (Å²) < 4.78 is 7.90. The standard InChI is InChI=1S/C20H30N4O/c1-22-19-10-3-2-9-18(19)20(21-22)25-15-7-14-24-13-6-8-17(24)16-23-11-4-5-12-23/h2-3,9-10,17H,4-8,11-16H2,1H3. The Bertz CT molecular complexity index is 692. The molecule has 0 bridgehead atoms. The molecule has 1 aromatic heterocycles. The van der Waals surface area contributed by atoms with Crippen molar-refractivity contribution in [2.24, 2.45) is 7.05 Å². The van der Waals surface area contributed by atoms with Gasteiger partial charge in [0.05, 0.1) is 17.5 Å². The molecule has 0 aliphatic carbocycles. The van der Waals surface area contributed by atoms with Crippen LogP contribution >= 0.6 is 0 Å². The summed E-state index contributed by atoms with van der Waals surface area (Å²) in [5.74, 6) is 0.771. The van der Waals surface area contributed by atoms with Gasteiger partial charge in [0.15, 0.2) is 0 Å². The zero-order chi connectivity index (χ0) is 17.1. The maximum absolute atomic E-state index is 6.00. The number of likely N-dealkylation sites (tertiary alicyclic amines) is 2. The fourth-order valence-electron chi connectivity index (χ4n) is 4.38. The van der Waals surface area contributed by atoms with Gasteiger partial charge < -0.3 is 9.64 Å². The van der Waals surface area contributed by atoms with Crippen molar-refractivity contribution in [3.8, 4) is 5.88 Å². The number of nitrogens with zero attached hydrogens (tertiary/aromatic N) is 4. The number of aryl methyl sites for hydroxylation is 1. The van der Waals surface area contributed by atoms with Gasteiger partial charge in [-0.15, -0.1) is 5.10 Å². The monoisotopic (exact) mass is 342 g/mol.